The van der Waals surface area contributed by atoms with Gasteiger partial charge in [-0.15, -0.1) is 0 Å². The van der Waals surface area contributed by atoms with Gasteiger partial charge in [0.2, 0.25) is 5.91 Å². The highest BCUT2D eigenvalue weighted by Gasteiger charge is 2.32. The molecule has 1 atom stereocenters. The number of rotatable bonds is 4. The number of benzene rings is 1. The number of halogens is 1. The Bertz CT molecular complexity index is 490. The molecule has 120 valence electrons. The zero-order valence-electron chi connectivity index (χ0n) is 13.0. The van der Waals surface area contributed by atoms with Crippen LogP contribution in [0, 0.1) is 11.7 Å². The predicted molar refractivity (Wildman–Crippen MR) is 82.7 cm³/mol. The highest BCUT2D eigenvalue weighted by molar-refractivity contribution is 5.79. The third-order valence-corrected chi connectivity index (χ3v) is 4.84. The lowest BCUT2D eigenvalue weighted by atomic mass is 9.92. The van der Waals surface area contributed by atoms with Gasteiger partial charge < -0.3 is 9.64 Å². The van der Waals surface area contributed by atoms with Gasteiger partial charge in [0.25, 0.3) is 0 Å². The average Bonchev–Trinajstić information content (AvgIpc) is 3.09. The van der Waals surface area contributed by atoms with Crippen LogP contribution in [-0.4, -0.2) is 30.1 Å². The summed E-state index contributed by atoms with van der Waals surface area (Å²) in [5.74, 6) is -0.0143. The first-order valence-electron chi connectivity index (χ1n) is 8.37. The molecular weight excluding hydrogens is 281 g/mol. The minimum atomic E-state index is -0.233. The first-order chi connectivity index (χ1) is 10.7. The second-order valence-corrected chi connectivity index (χ2v) is 6.44. The summed E-state index contributed by atoms with van der Waals surface area (Å²) in [4.78, 5) is 14.9. The summed E-state index contributed by atoms with van der Waals surface area (Å²) in [6.07, 6.45) is 6.65. The van der Waals surface area contributed by atoms with Crippen molar-refractivity contribution in [2.24, 2.45) is 5.92 Å². The summed E-state index contributed by atoms with van der Waals surface area (Å²) in [5.41, 5.74) is 0.999. The Labute approximate surface area is 131 Å². The Morgan fingerprint density at radius 2 is 1.86 bits per heavy atom. The second kappa shape index (κ2) is 7.23. The van der Waals surface area contributed by atoms with Crippen LogP contribution >= 0.6 is 0 Å². The molecule has 2 fully saturated rings. The molecule has 0 radical (unpaired) electrons. The highest BCUT2D eigenvalue weighted by Crippen LogP contribution is 2.27. The van der Waals surface area contributed by atoms with Crippen LogP contribution in [0.15, 0.2) is 24.3 Å². The van der Waals surface area contributed by atoms with Crippen LogP contribution in [0.4, 0.5) is 4.39 Å². The molecule has 1 heterocycles. The first kappa shape index (κ1) is 15.5. The molecule has 0 spiro atoms. The van der Waals surface area contributed by atoms with Crippen LogP contribution < -0.4 is 0 Å². The molecule has 1 unspecified atom stereocenters. The molecule has 22 heavy (non-hydrogen) atoms. The van der Waals surface area contributed by atoms with Crippen molar-refractivity contribution in [1.82, 2.24) is 4.90 Å². The number of amides is 1. The molecule has 1 aliphatic carbocycles. The smallest absolute Gasteiger partial charge is 0.228 e. The van der Waals surface area contributed by atoms with Crippen LogP contribution in [0.3, 0.4) is 0 Å². The Kier molecular flexibility index (Phi) is 5.08. The minimum Gasteiger partial charge on any atom is -0.381 e. The van der Waals surface area contributed by atoms with Crippen molar-refractivity contribution in [3.05, 3.63) is 35.6 Å². The van der Waals surface area contributed by atoms with Gasteiger partial charge in [0.15, 0.2) is 0 Å². The first-order valence-corrected chi connectivity index (χ1v) is 8.37. The van der Waals surface area contributed by atoms with Crippen molar-refractivity contribution >= 4 is 5.91 Å². The third kappa shape index (κ3) is 3.67. The quantitative estimate of drug-likeness (QED) is 0.852. The highest BCUT2D eigenvalue weighted by atomic mass is 19.1. The zero-order chi connectivity index (χ0) is 15.4. The normalized spacial score (nSPS) is 22.7. The van der Waals surface area contributed by atoms with Crippen molar-refractivity contribution in [3.63, 3.8) is 0 Å². The molecule has 0 aromatic heterocycles. The summed E-state index contributed by atoms with van der Waals surface area (Å²) in [6, 6.07) is 6.83. The molecule has 4 heteroatoms. The van der Waals surface area contributed by atoms with E-state index in [9.17, 15) is 9.18 Å². The van der Waals surface area contributed by atoms with Gasteiger partial charge in [-0.25, -0.2) is 4.39 Å². The van der Waals surface area contributed by atoms with Crippen molar-refractivity contribution in [2.75, 3.05) is 13.2 Å². The molecular formula is C18H24FNO2. The lowest BCUT2D eigenvalue weighted by Crippen LogP contribution is -2.44. The summed E-state index contributed by atoms with van der Waals surface area (Å²) in [6.45, 7) is 1.82. The number of nitrogens with zero attached hydrogens (tertiary/aromatic N) is 1. The largest absolute Gasteiger partial charge is 0.381 e. The van der Waals surface area contributed by atoms with E-state index in [2.05, 4.69) is 0 Å². The topological polar surface area (TPSA) is 29.5 Å². The third-order valence-electron chi connectivity index (χ3n) is 4.84. The average molecular weight is 305 g/mol. The van der Waals surface area contributed by atoms with E-state index >= 15 is 0 Å². The van der Waals surface area contributed by atoms with Gasteiger partial charge in [0.1, 0.15) is 5.82 Å². The molecule has 1 saturated heterocycles. The summed E-state index contributed by atoms with van der Waals surface area (Å²) < 4.78 is 18.5. The van der Waals surface area contributed by atoms with E-state index in [1.165, 1.54) is 31.4 Å². The summed E-state index contributed by atoms with van der Waals surface area (Å²) in [7, 11) is 0. The van der Waals surface area contributed by atoms with Gasteiger partial charge in [-0.1, -0.05) is 31.4 Å². The van der Waals surface area contributed by atoms with Gasteiger partial charge >= 0.3 is 0 Å². The van der Waals surface area contributed by atoms with E-state index in [0.29, 0.717) is 25.8 Å². The van der Waals surface area contributed by atoms with E-state index in [-0.39, 0.29) is 17.6 Å². The summed E-state index contributed by atoms with van der Waals surface area (Å²) in [5, 5.41) is 0. The molecule has 3 nitrogen and oxygen atoms in total. The molecule has 1 aromatic rings. The number of ether oxygens (including phenoxy) is 1. The van der Waals surface area contributed by atoms with Gasteiger partial charge in [0.05, 0.1) is 12.5 Å². The maximum atomic E-state index is 13.1. The van der Waals surface area contributed by atoms with Crippen LogP contribution in [-0.2, 0) is 16.1 Å². The maximum absolute atomic E-state index is 13.1. The molecule has 2 aliphatic rings. The Morgan fingerprint density at radius 1 is 1.14 bits per heavy atom. The predicted octanol–water partition coefficient (Wildman–Crippen LogP) is 3.52. The second-order valence-electron chi connectivity index (χ2n) is 6.44. The van der Waals surface area contributed by atoms with Crippen molar-refractivity contribution in [1.29, 1.82) is 0 Å². The Morgan fingerprint density at radius 3 is 2.50 bits per heavy atom. The molecule has 1 aliphatic heterocycles. The van der Waals surface area contributed by atoms with Gasteiger partial charge in [-0.05, 0) is 37.0 Å². The molecule has 1 saturated carbocycles. The van der Waals surface area contributed by atoms with E-state index in [0.717, 1.165) is 24.8 Å². The fourth-order valence-electron chi connectivity index (χ4n) is 3.53. The van der Waals surface area contributed by atoms with E-state index in [1.54, 1.807) is 12.1 Å². The fourth-order valence-corrected chi connectivity index (χ4v) is 3.53. The maximum Gasteiger partial charge on any atom is 0.228 e. The summed E-state index contributed by atoms with van der Waals surface area (Å²) >= 11 is 0. The number of carbonyl (C=O) groups is 1. The van der Waals surface area contributed by atoms with Crippen molar-refractivity contribution in [3.8, 4) is 0 Å². The standard InChI is InChI=1S/C18H24FNO2/c19-16-8-6-14(7-9-16)12-20(17-4-2-1-3-5-17)18(21)15-10-11-22-13-15/h6-9,15,17H,1-5,10-13H2. The lowest BCUT2D eigenvalue weighted by Gasteiger charge is -2.36. The molecule has 0 N–H and O–H groups in total. The minimum absolute atomic E-state index is 0.00220. The molecule has 1 aromatic carbocycles. The monoisotopic (exact) mass is 305 g/mol. The number of hydrogen-bond donors (Lipinski definition) is 0. The van der Waals surface area contributed by atoms with E-state index in [4.69, 9.17) is 4.74 Å². The number of carbonyl (C=O) groups excluding carboxylic acids is 1. The molecule has 3 rings (SSSR count). The zero-order valence-corrected chi connectivity index (χ0v) is 13.0. The fraction of sp³-hybridized carbons (Fsp3) is 0.611. The van der Waals surface area contributed by atoms with Crippen LogP contribution in [0.2, 0.25) is 0 Å². The molecule has 0 bridgehead atoms. The van der Waals surface area contributed by atoms with E-state index < -0.39 is 0 Å². The van der Waals surface area contributed by atoms with Crippen molar-refractivity contribution in [2.45, 2.75) is 51.1 Å². The Hall–Kier alpha value is -1.42. The van der Waals surface area contributed by atoms with Gasteiger partial charge in [0, 0.05) is 19.2 Å². The Balaban J connectivity index is 1.75. The van der Waals surface area contributed by atoms with Crippen molar-refractivity contribution < 1.29 is 13.9 Å². The van der Waals surface area contributed by atoms with Crippen LogP contribution in [0.5, 0.6) is 0 Å². The van der Waals surface area contributed by atoms with E-state index in [1.807, 2.05) is 4.90 Å². The van der Waals surface area contributed by atoms with Crippen LogP contribution in [0.25, 0.3) is 0 Å². The SMILES string of the molecule is O=C(C1CCOC1)N(Cc1ccc(F)cc1)C1CCCCC1. The number of hydrogen-bond acceptors (Lipinski definition) is 2. The van der Waals surface area contributed by atoms with Gasteiger partial charge in [-0.3, -0.25) is 4.79 Å². The molecule has 1 amide bonds. The van der Waals surface area contributed by atoms with Crippen LogP contribution in [0.1, 0.15) is 44.1 Å². The van der Waals surface area contributed by atoms with Gasteiger partial charge in [-0.2, -0.15) is 0 Å². The lowest BCUT2D eigenvalue weighted by molar-refractivity contribution is -0.139.